The van der Waals surface area contributed by atoms with Crippen LogP contribution in [0.1, 0.15) is 10.4 Å². The Morgan fingerprint density at radius 1 is 1.42 bits per heavy atom. The van der Waals surface area contributed by atoms with Crippen molar-refractivity contribution >= 4 is 27.9 Å². The molecule has 1 rings (SSSR count). The fraction of sp³-hybridized carbons (Fsp3) is 0. The van der Waals surface area contributed by atoms with Gasteiger partial charge in [-0.3, -0.25) is 0 Å². The number of benzene rings is 1. The van der Waals surface area contributed by atoms with Crippen molar-refractivity contribution in [2.45, 2.75) is 4.90 Å². The zero-order chi connectivity index (χ0) is 8.97. The minimum atomic E-state index is -1.04. The quantitative estimate of drug-likeness (QED) is 0.768. The third kappa shape index (κ3) is 2.15. The summed E-state index contributed by atoms with van der Waals surface area (Å²) in [5.74, 6) is -1.04. The van der Waals surface area contributed by atoms with Crippen LogP contribution in [0.2, 0.25) is 0 Å². The second-order valence-corrected chi connectivity index (χ2v) is 3.56. The minimum Gasteiger partial charge on any atom is -0.478 e. The highest BCUT2D eigenvalue weighted by Gasteiger charge is 2.08. The Labute approximate surface area is 76.9 Å². The zero-order valence-corrected chi connectivity index (χ0v) is 7.49. The Hall–Kier alpha value is -0.680. The highest BCUT2D eigenvalue weighted by Crippen LogP contribution is 2.33. The largest absolute Gasteiger partial charge is 0.478 e. The molecule has 0 heterocycles. The monoisotopic (exact) mass is 204 g/mol. The Morgan fingerprint density at radius 2 is 2.08 bits per heavy atom. The molecule has 5 heteroatoms. The fourth-order valence-electron chi connectivity index (χ4n) is 0.750. The van der Waals surface area contributed by atoms with Crippen LogP contribution in [0.15, 0.2) is 29.2 Å². The molecule has 0 saturated carbocycles. The van der Waals surface area contributed by atoms with E-state index in [0.29, 0.717) is 4.90 Å². The Balaban J connectivity index is 3.00. The van der Waals surface area contributed by atoms with E-state index in [1.807, 2.05) is 0 Å². The lowest BCUT2D eigenvalue weighted by Crippen LogP contribution is -1.97. The van der Waals surface area contributed by atoms with Gasteiger partial charge in [0.05, 0.1) is 5.56 Å². The number of carbonyl (C=O) groups is 1. The minimum absolute atomic E-state index is 0.0396. The summed E-state index contributed by atoms with van der Waals surface area (Å²) in [6, 6.07) is 6.29. The number of rotatable bonds is 3. The topological polar surface area (TPSA) is 37.3 Å². The first-order chi connectivity index (χ1) is 5.75. The van der Waals surface area contributed by atoms with Gasteiger partial charge in [-0.15, -0.1) is 0 Å². The first-order valence-corrected chi connectivity index (χ1v) is 5.08. The second kappa shape index (κ2) is 4.37. The summed E-state index contributed by atoms with van der Waals surface area (Å²) >= 11 is 0.0396. The molecule has 0 radical (unpaired) electrons. The van der Waals surface area contributed by atoms with Crippen LogP contribution in [0.3, 0.4) is 0 Å². The maximum absolute atomic E-state index is 11.8. The van der Waals surface area contributed by atoms with E-state index >= 15 is 0 Å². The van der Waals surface area contributed by atoms with Crippen LogP contribution in [0, 0.1) is 0 Å². The van der Waals surface area contributed by atoms with Crippen LogP contribution in [0.25, 0.3) is 0 Å². The average Bonchev–Trinajstić information content (AvgIpc) is 2.05. The Morgan fingerprint density at radius 3 is 2.67 bits per heavy atom. The van der Waals surface area contributed by atoms with Crippen LogP contribution < -0.4 is 0 Å². The molecule has 1 aromatic rings. The van der Waals surface area contributed by atoms with Crippen molar-refractivity contribution in [1.29, 1.82) is 0 Å². The van der Waals surface area contributed by atoms with Gasteiger partial charge in [0.1, 0.15) is 11.2 Å². The van der Waals surface area contributed by atoms with E-state index < -0.39 is 5.97 Å². The van der Waals surface area contributed by atoms with E-state index in [2.05, 4.69) is 0 Å². The molecule has 0 fully saturated rings. The predicted molar refractivity (Wildman–Crippen MR) is 48.0 cm³/mol. The SMILES string of the molecule is O=C(O)c1ccccc1SSF. The first kappa shape index (κ1) is 9.41. The Kier molecular flexibility index (Phi) is 3.43. The molecule has 0 bridgehead atoms. The van der Waals surface area contributed by atoms with Crippen LogP contribution in [-0.4, -0.2) is 11.1 Å². The number of hydrogen-bond donors (Lipinski definition) is 1. The summed E-state index contributed by atoms with van der Waals surface area (Å²) in [6.45, 7) is 0. The van der Waals surface area contributed by atoms with E-state index in [4.69, 9.17) is 5.11 Å². The maximum Gasteiger partial charge on any atom is 0.336 e. The van der Waals surface area contributed by atoms with Gasteiger partial charge in [-0.25, -0.2) is 4.79 Å². The lowest BCUT2D eigenvalue weighted by Gasteiger charge is -1.99. The third-order valence-corrected chi connectivity index (χ3v) is 2.56. The molecule has 2 nitrogen and oxygen atoms in total. The zero-order valence-electron chi connectivity index (χ0n) is 5.86. The first-order valence-electron chi connectivity index (χ1n) is 3.03. The molecular formula is C7H5FO2S2. The summed E-state index contributed by atoms with van der Waals surface area (Å²) in [5.41, 5.74) is 0.132. The van der Waals surface area contributed by atoms with Gasteiger partial charge in [0.2, 0.25) is 0 Å². The van der Waals surface area contributed by atoms with Gasteiger partial charge in [0.15, 0.2) is 0 Å². The molecule has 0 saturated heterocycles. The van der Waals surface area contributed by atoms with E-state index in [1.165, 1.54) is 6.07 Å². The molecule has 1 aromatic carbocycles. The molecule has 0 unspecified atom stereocenters. The van der Waals surface area contributed by atoms with Crippen molar-refractivity contribution in [2.75, 3.05) is 0 Å². The summed E-state index contributed by atoms with van der Waals surface area (Å²) in [7, 11) is 0.799. The lowest BCUT2D eigenvalue weighted by molar-refractivity contribution is 0.0693. The van der Waals surface area contributed by atoms with E-state index in [9.17, 15) is 8.68 Å². The number of hydrogen-bond acceptors (Lipinski definition) is 3. The molecule has 12 heavy (non-hydrogen) atoms. The molecule has 0 atom stereocenters. The smallest absolute Gasteiger partial charge is 0.336 e. The van der Waals surface area contributed by atoms with Crippen LogP contribution in [0.5, 0.6) is 0 Å². The molecule has 1 N–H and O–H groups in total. The van der Waals surface area contributed by atoms with Crippen LogP contribution >= 0.6 is 22.0 Å². The molecule has 0 aromatic heterocycles. The predicted octanol–water partition coefficient (Wildman–Crippen LogP) is 3.01. The molecule has 0 aliphatic carbocycles. The van der Waals surface area contributed by atoms with E-state index in [-0.39, 0.29) is 16.7 Å². The molecule has 0 aliphatic heterocycles. The second-order valence-electron chi connectivity index (χ2n) is 1.95. The van der Waals surface area contributed by atoms with E-state index in [1.54, 1.807) is 18.2 Å². The van der Waals surface area contributed by atoms with Gasteiger partial charge in [0, 0.05) is 4.90 Å². The van der Waals surface area contributed by atoms with Gasteiger partial charge >= 0.3 is 5.97 Å². The average molecular weight is 204 g/mol. The summed E-state index contributed by atoms with van der Waals surface area (Å²) in [5, 5.41) is 8.65. The van der Waals surface area contributed by atoms with Crippen molar-refractivity contribution in [3.63, 3.8) is 0 Å². The highest BCUT2D eigenvalue weighted by atomic mass is 33.1. The van der Waals surface area contributed by atoms with Crippen LogP contribution in [-0.2, 0) is 0 Å². The Bertz CT molecular complexity index is 290. The normalized spacial score (nSPS) is 9.75. The van der Waals surface area contributed by atoms with Crippen molar-refractivity contribution in [2.24, 2.45) is 0 Å². The number of carboxylic acids is 1. The van der Waals surface area contributed by atoms with E-state index in [0.717, 1.165) is 10.8 Å². The molecule has 0 aliphatic rings. The van der Waals surface area contributed by atoms with Crippen molar-refractivity contribution < 1.29 is 13.8 Å². The summed E-state index contributed by atoms with van der Waals surface area (Å²) in [6.07, 6.45) is 0. The van der Waals surface area contributed by atoms with Crippen molar-refractivity contribution in [1.82, 2.24) is 0 Å². The highest BCUT2D eigenvalue weighted by molar-refractivity contribution is 8.74. The van der Waals surface area contributed by atoms with Gasteiger partial charge < -0.3 is 5.11 Å². The molecular weight excluding hydrogens is 199 g/mol. The van der Waals surface area contributed by atoms with Gasteiger partial charge in [-0.1, -0.05) is 12.1 Å². The summed E-state index contributed by atoms with van der Waals surface area (Å²) in [4.78, 5) is 11.0. The standard InChI is InChI=1S/C7H5FO2S2/c8-12-11-6-4-2-1-3-5(6)7(9)10/h1-4H,(H,9,10). The van der Waals surface area contributed by atoms with Gasteiger partial charge in [0.25, 0.3) is 0 Å². The molecule has 0 spiro atoms. The maximum atomic E-state index is 11.8. The third-order valence-electron chi connectivity index (χ3n) is 1.24. The lowest BCUT2D eigenvalue weighted by atomic mass is 10.2. The van der Waals surface area contributed by atoms with Crippen LogP contribution in [0.4, 0.5) is 3.89 Å². The molecule has 64 valence electrons. The van der Waals surface area contributed by atoms with Gasteiger partial charge in [-0.05, 0) is 22.9 Å². The summed E-state index contributed by atoms with van der Waals surface area (Å²) < 4.78 is 11.8. The fourth-order valence-corrected chi connectivity index (χ4v) is 1.84. The van der Waals surface area contributed by atoms with Gasteiger partial charge in [-0.2, -0.15) is 3.89 Å². The number of aromatic carboxylic acids is 1. The van der Waals surface area contributed by atoms with Crippen molar-refractivity contribution in [3.8, 4) is 0 Å². The number of carboxylic acid groups (broad SMARTS) is 1. The molecule has 0 amide bonds. The van der Waals surface area contributed by atoms with Crippen molar-refractivity contribution in [3.05, 3.63) is 29.8 Å². The number of halogens is 1.